The molecule has 1 atom stereocenters. The molecule has 0 aliphatic rings. The Morgan fingerprint density at radius 1 is 1.10 bits per heavy atom. The second-order valence-corrected chi connectivity index (χ2v) is 7.13. The van der Waals surface area contributed by atoms with Crippen LogP contribution in [0.3, 0.4) is 0 Å². The number of nitrogens with zero attached hydrogens (tertiary/aromatic N) is 1. The number of hydrogen-bond donors (Lipinski definition) is 1. The van der Waals surface area contributed by atoms with Gasteiger partial charge in [-0.3, -0.25) is 0 Å². The summed E-state index contributed by atoms with van der Waals surface area (Å²) in [7, 11) is 0. The number of aromatic nitrogens is 1. The largest absolute Gasteiger partial charge is 0.306 e. The van der Waals surface area contributed by atoms with Crippen LogP contribution in [0.2, 0.25) is 0 Å². The number of rotatable bonds is 6. The molecule has 1 aromatic carbocycles. The van der Waals surface area contributed by atoms with Gasteiger partial charge >= 0.3 is 0 Å². The molecule has 0 bridgehead atoms. The van der Waals surface area contributed by atoms with Gasteiger partial charge in [-0.2, -0.15) is 0 Å². The highest BCUT2D eigenvalue weighted by atomic mass is 32.1. The second-order valence-electron chi connectivity index (χ2n) is 5.89. The van der Waals surface area contributed by atoms with Crippen LogP contribution in [0.15, 0.2) is 24.3 Å². The summed E-state index contributed by atoms with van der Waals surface area (Å²) in [6.07, 6.45) is 1.14. The summed E-state index contributed by atoms with van der Waals surface area (Å²) in [4.78, 5) is 5.94. The molecule has 0 saturated carbocycles. The zero-order valence-electron chi connectivity index (χ0n) is 13.7. The van der Waals surface area contributed by atoms with Crippen molar-refractivity contribution >= 4 is 11.3 Å². The summed E-state index contributed by atoms with van der Waals surface area (Å²) < 4.78 is 0. The lowest BCUT2D eigenvalue weighted by Crippen LogP contribution is -2.23. The van der Waals surface area contributed by atoms with E-state index in [1.165, 1.54) is 16.0 Å². The fourth-order valence-electron chi connectivity index (χ4n) is 2.54. The van der Waals surface area contributed by atoms with Crippen LogP contribution in [0.1, 0.15) is 65.9 Å². The van der Waals surface area contributed by atoms with Crippen LogP contribution < -0.4 is 5.32 Å². The molecule has 1 aromatic heterocycles. The van der Waals surface area contributed by atoms with Crippen molar-refractivity contribution in [2.45, 2.75) is 53.0 Å². The summed E-state index contributed by atoms with van der Waals surface area (Å²) in [5.41, 5.74) is 3.88. The van der Waals surface area contributed by atoms with Gasteiger partial charge in [0.2, 0.25) is 0 Å². The molecule has 0 radical (unpaired) electrons. The van der Waals surface area contributed by atoms with Gasteiger partial charge in [-0.25, -0.2) is 4.98 Å². The highest BCUT2D eigenvalue weighted by molar-refractivity contribution is 7.11. The van der Waals surface area contributed by atoms with Crippen molar-refractivity contribution < 1.29 is 0 Å². The minimum atomic E-state index is 0.261. The first-order valence-electron chi connectivity index (χ1n) is 7.80. The van der Waals surface area contributed by atoms with Crippen molar-refractivity contribution in [2.75, 3.05) is 6.54 Å². The standard InChI is InChI=1S/C18H26N2S/c1-6-11-19-17(18-13(4)20-14(5)21-18)16-9-7-15(8-10-16)12(2)3/h7-10,12,17,19H,6,11H2,1-5H3. The topological polar surface area (TPSA) is 24.9 Å². The van der Waals surface area contributed by atoms with Crippen LogP contribution in [0.4, 0.5) is 0 Å². The highest BCUT2D eigenvalue weighted by Gasteiger charge is 2.19. The average molecular weight is 302 g/mol. The van der Waals surface area contributed by atoms with Crippen LogP contribution in [-0.4, -0.2) is 11.5 Å². The number of thiazole rings is 1. The summed E-state index contributed by atoms with van der Waals surface area (Å²) in [5, 5.41) is 4.82. The van der Waals surface area contributed by atoms with Gasteiger partial charge in [-0.15, -0.1) is 11.3 Å². The van der Waals surface area contributed by atoms with Crippen molar-refractivity contribution in [1.29, 1.82) is 0 Å². The van der Waals surface area contributed by atoms with Gasteiger partial charge < -0.3 is 5.32 Å². The third kappa shape index (κ3) is 3.92. The lowest BCUT2D eigenvalue weighted by molar-refractivity contribution is 0.602. The van der Waals surface area contributed by atoms with Gasteiger partial charge in [0.25, 0.3) is 0 Å². The number of nitrogens with one attached hydrogen (secondary N) is 1. The fraction of sp³-hybridized carbons (Fsp3) is 0.500. The van der Waals surface area contributed by atoms with E-state index in [0.29, 0.717) is 5.92 Å². The Hall–Kier alpha value is -1.19. The molecule has 0 fully saturated rings. The third-order valence-electron chi connectivity index (χ3n) is 3.74. The van der Waals surface area contributed by atoms with Gasteiger partial charge in [0.1, 0.15) is 0 Å². The van der Waals surface area contributed by atoms with Gasteiger partial charge in [-0.1, -0.05) is 45.0 Å². The lowest BCUT2D eigenvalue weighted by atomic mass is 9.98. The summed E-state index contributed by atoms with van der Waals surface area (Å²) in [6.45, 7) is 11.9. The number of benzene rings is 1. The summed E-state index contributed by atoms with van der Waals surface area (Å²) >= 11 is 1.80. The molecule has 1 unspecified atom stereocenters. The molecule has 1 heterocycles. The molecule has 2 aromatic rings. The SMILES string of the molecule is CCCNC(c1ccc(C(C)C)cc1)c1sc(C)nc1C. The first-order valence-corrected chi connectivity index (χ1v) is 8.61. The Bertz CT molecular complexity index is 569. The Morgan fingerprint density at radius 3 is 2.19 bits per heavy atom. The maximum absolute atomic E-state index is 4.59. The minimum absolute atomic E-state index is 0.261. The summed E-state index contributed by atoms with van der Waals surface area (Å²) in [6, 6.07) is 9.29. The Balaban J connectivity index is 2.33. The predicted octanol–water partition coefficient (Wildman–Crippen LogP) is 4.97. The molecule has 114 valence electrons. The second kappa shape index (κ2) is 7.19. The molecule has 1 N–H and O–H groups in total. The lowest BCUT2D eigenvalue weighted by Gasteiger charge is -2.19. The molecular formula is C18H26N2S. The zero-order valence-corrected chi connectivity index (χ0v) is 14.6. The first-order chi connectivity index (χ1) is 10.0. The van der Waals surface area contributed by atoms with Crippen molar-refractivity contribution in [3.05, 3.63) is 51.0 Å². The fourth-order valence-corrected chi connectivity index (χ4v) is 3.57. The first kappa shape index (κ1) is 16.2. The third-order valence-corrected chi connectivity index (χ3v) is 4.87. The maximum atomic E-state index is 4.59. The zero-order chi connectivity index (χ0) is 15.4. The summed E-state index contributed by atoms with van der Waals surface area (Å²) in [5.74, 6) is 0.577. The Kier molecular flexibility index (Phi) is 5.54. The van der Waals surface area contributed by atoms with E-state index in [0.717, 1.165) is 23.7 Å². The van der Waals surface area contributed by atoms with E-state index in [9.17, 15) is 0 Å². The van der Waals surface area contributed by atoms with E-state index in [2.05, 4.69) is 69.2 Å². The van der Waals surface area contributed by atoms with Crippen LogP contribution in [0.5, 0.6) is 0 Å². The van der Waals surface area contributed by atoms with Crippen LogP contribution in [0, 0.1) is 13.8 Å². The number of hydrogen-bond acceptors (Lipinski definition) is 3. The molecule has 2 nitrogen and oxygen atoms in total. The molecule has 2 rings (SSSR count). The molecule has 0 saturated heterocycles. The molecule has 0 aliphatic carbocycles. The van der Waals surface area contributed by atoms with E-state index < -0.39 is 0 Å². The van der Waals surface area contributed by atoms with Crippen LogP contribution in [-0.2, 0) is 0 Å². The van der Waals surface area contributed by atoms with Gasteiger partial charge in [-0.05, 0) is 43.9 Å². The van der Waals surface area contributed by atoms with Crippen molar-refractivity contribution in [3.63, 3.8) is 0 Å². The highest BCUT2D eigenvalue weighted by Crippen LogP contribution is 2.30. The number of aryl methyl sites for hydroxylation is 2. The van der Waals surface area contributed by atoms with Gasteiger partial charge in [0, 0.05) is 4.88 Å². The van der Waals surface area contributed by atoms with Crippen LogP contribution >= 0.6 is 11.3 Å². The molecule has 0 amide bonds. The van der Waals surface area contributed by atoms with E-state index in [4.69, 9.17) is 0 Å². The molecule has 0 spiro atoms. The molecule has 3 heteroatoms. The van der Waals surface area contributed by atoms with Crippen molar-refractivity contribution in [3.8, 4) is 0 Å². The van der Waals surface area contributed by atoms with Crippen LogP contribution in [0.25, 0.3) is 0 Å². The van der Waals surface area contributed by atoms with E-state index >= 15 is 0 Å². The monoisotopic (exact) mass is 302 g/mol. The Labute approximate surface area is 132 Å². The minimum Gasteiger partial charge on any atom is -0.306 e. The van der Waals surface area contributed by atoms with Gasteiger partial charge in [0.15, 0.2) is 0 Å². The predicted molar refractivity (Wildman–Crippen MR) is 92.3 cm³/mol. The quantitative estimate of drug-likeness (QED) is 0.814. The average Bonchev–Trinajstić information content (AvgIpc) is 2.79. The Morgan fingerprint density at radius 2 is 1.71 bits per heavy atom. The van der Waals surface area contributed by atoms with E-state index in [1.54, 1.807) is 11.3 Å². The van der Waals surface area contributed by atoms with E-state index in [1.807, 2.05) is 0 Å². The molecular weight excluding hydrogens is 276 g/mol. The molecule has 21 heavy (non-hydrogen) atoms. The molecule has 0 aliphatic heterocycles. The van der Waals surface area contributed by atoms with Crippen molar-refractivity contribution in [1.82, 2.24) is 10.3 Å². The smallest absolute Gasteiger partial charge is 0.0900 e. The van der Waals surface area contributed by atoms with E-state index in [-0.39, 0.29) is 6.04 Å². The normalized spacial score (nSPS) is 12.9. The van der Waals surface area contributed by atoms with Crippen molar-refractivity contribution in [2.24, 2.45) is 0 Å². The maximum Gasteiger partial charge on any atom is 0.0900 e. The van der Waals surface area contributed by atoms with Gasteiger partial charge in [0.05, 0.1) is 16.7 Å².